The molecular formula is C14H12IN. The summed E-state index contributed by atoms with van der Waals surface area (Å²) in [5, 5.41) is 2.71. The summed E-state index contributed by atoms with van der Waals surface area (Å²) in [6.07, 6.45) is 0. The van der Waals surface area contributed by atoms with E-state index in [1.165, 1.54) is 30.9 Å². The Kier molecular flexibility index (Phi) is 2.21. The van der Waals surface area contributed by atoms with E-state index in [4.69, 9.17) is 0 Å². The average molecular weight is 321 g/mol. The van der Waals surface area contributed by atoms with Crippen LogP contribution in [0.15, 0.2) is 36.4 Å². The van der Waals surface area contributed by atoms with Crippen molar-refractivity contribution in [1.82, 2.24) is 4.57 Å². The number of hydrogen-bond donors (Lipinski definition) is 0. The summed E-state index contributed by atoms with van der Waals surface area (Å²) in [4.78, 5) is 0. The van der Waals surface area contributed by atoms with Crippen LogP contribution in [-0.2, 0) is 7.05 Å². The van der Waals surface area contributed by atoms with Crippen LogP contribution in [0.2, 0.25) is 0 Å². The zero-order valence-electron chi connectivity index (χ0n) is 9.29. The van der Waals surface area contributed by atoms with Gasteiger partial charge in [0, 0.05) is 26.9 Å². The average Bonchev–Trinajstić information content (AvgIpc) is 2.54. The van der Waals surface area contributed by atoms with E-state index >= 15 is 0 Å². The van der Waals surface area contributed by atoms with Gasteiger partial charge in [0.1, 0.15) is 0 Å². The van der Waals surface area contributed by atoms with Crippen LogP contribution in [0, 0.1) is 10.5 Å². The number of nitrogens with zero attached hydrogens (tertiary/aromatic N) is 1. The highest BCUT2D eigenvalue weighted by molar-refractivity contribution is 14.1. The van der Waals surface area contributed by atoms with E-state index in [2.05, 4.69) is 77.5 Å². The van der Waals surface area contributed by atoms with Crippen molar-refractivity contribution >= 4 is 44.4 Å². The molecule has 0 aliphatic heterocycles. The second-order valence-electron chi connectivity index (χ2n) is 4.19. The van der Waals surface area contributed by atoms with Gasteiger partial charge < -0.3 is 4.57 Å². The number of hydrogen-bond acceptors (Lipinski definition) is 0. The van der Waals surface area contributed by atoms with Crippen LogP contribution in [0.5, 0.6) is 0 Å². The van der Waals surface area contributed by atoms with Crippen LogP contribution in [-0.4, -0.2) is 4.57 Å². The highest BCUT2D eigenvalue weighted by Gasteiger charge is 2.09. The molecule has 0 fully saturated rings. The first-order chi connectivity index (χ1) is 7.68. The minimum absolute atomic E-state index is 1.29. The van der Waals surface area contributed by atoms with E-state index in [0.29, 0.717) is 0 Å². The monoisotopic (exact) mass is 321 g/mol. The first-order valence-electron chi connectivity index (χ1n) is 5.32. The molecule has 0 radical (unpaired) electrons. The molecule has 2 heteroatoms. The number of benzene rings is 2. The molecular weight excluding hydrogens is 309 g/mol. The Morgan fingerprint density at radius 3 is 2.69 bits per heavy atom. The third-order valence-electron chi connectivity index (χ3n) is 3.18. The van der Waals surface area contributed by atoms with Crippen molar-refractivity contribution in [1.29, 1.82) is 0 Å². The summed E-state index contributed by atoms with van der Waals surface area (Å²) in [5.41, 5.74) is 4.00. The summed E-state index contributed by atoms with van der Waals surface area (Å²) >= 11 is 2.37. The summed E-state index contributed by atoms with van der Waals surface area (Å²) < 4.78 is 3.58. The molecule has 0 N–H and O–H groups in total. The third kappa shape index (κ3) is 1.29. The van der Waals surface area contributed by atoms with Crippen LogP contribution >= 0.6 is 22.6 Å². The maximum absolute atomic E-state index is 2.37. The van der Waals surface area contributed by atoms with E-state index in [9.17, 15) is 0 Å². The lowest BCUT2D eigenvalue weighted by molar-refractivity contribution is 1.01. The standard InChI is InChI=1S/C14H12IN/c1-9-4-3-5-11-12-8-10(15)6-7-13(12)16(2)14(9)11/h3-8H,1-2H3. The summed E-state index contributed by atoms with van der Waals surface area (Å²) in [6, 6.07) is 13.1. The fourth-order valence-electron chi connectivity index (χ4n) is 2.46. The Hall–Kier alpha value is -1.03. The van der Waals surface area contributed by atoms with Crippen LogP contribution in [0.1, 0.15) is 5.56 Å². The molecule has 0 aliphatic carbocycles. The Morgan fingerprint density at radius 1 is 1.06 bits per heavy atom. The van der Waals surface area contributed by atoms with E-state index in [1.54, 1.807) is 0 Å². The quantitative estimate of drug-likeness (QED) is 0.546. The van der Waals surface area contributed by atoms with Crippen molar-refractivity contribution in [2.75, 3.05) is 0 Å². The molecule has 0 unspecified atom stereocenters. The SMILES string of the molecule is Cc1cccc2c3cc(I)ccc3n(C)c12. The van der Waals surface area contributed by atoms with Crippen molar-refractivity contribution in [2.45, 2.75) is 6.92 Å². The molecule has 3 rings (SSSR count). The molecule has 1 nitrogen and oxygen atoms in total. The number of fused-ring (bicyclic) bond motifs is 3. The fourth-order valence-corrected chi connectivity index (χ4v) is 2.95. The number of para-hydroxylation sites is 1. The van der Waals surface area contributed by atoms with Gasteiger partial charge in [-0.05, 0) is 53.3 Å². The molecule has 0 saturated carbocycles. The molecule has 3 aromatic rings. The predicted molar refractivity (Wildman–Crippen MR) is 77.9 cm³/mol. The molecule has 0 atom stereocenters. The molecule has 80 valence electrons. The summed E-state index contributed by atoms with van der Waals surface area (Å²) in [6.45, 7) is 2.17. The van der Waals surface area contributed by atoms with Crippen molar-refractivity contribution in [3.8, 4) is 0 Å². The lowest BCUT2D eigenvalue weighted by Crippen LogP contribution is -1.88. The van der Waals surface area contributed by atoms with E-state index in [-0.39, 0.29) is 0 Å². The van der Waals surface area contributed by atoms with Crippen molar-refractivity contribution in [2.24, 2.45) is 7.05 Å². The lowest BCUT2D eigenvalue weighted by atomic mass is 10.1. The molecule has 0 amide bonds. The Labute approximate surface area is 108 Å². The fraction of sp³-hybridized carbons (Fsp3) is 0.143. The van der Waals surface area contributed by atoms with Gasteiger partial charge in [0.25, 0.3) is 0 Å². The highest BCUT2D eigenvalue weighted by atomic mass is 127. The van der Waals surface area contributed by atoms with Crippen molar-refractivity contribution in [3.05, 3.63) is 45.5 Å². The second-order valence-corrected chi connectivity index (χ2v) is 5.44. The van der Waals surface area contributed by atoms with Gasteiger partial charge in [-0.25, -0.2) is 0 Å². The largest absolute Gasteiger partial charge is 0.343 e. The van der Waals surface area contributed by atoms with Gasteiger partial charge in [-0.1, -0.05) is 18.2 Å². The molecule has 0 spiro atoms. The molecule has 16 heavy (non-hydrogen) atoms. The van der Waals surface area contributed by atoms with E-state index in [1.807, 2.05) is 0 Å². The van der Waals surface area contributed by atoms with Gasteiger partial charge in [0.15, 0.2) is 0 Å². The number of rotatable bonds is 0. The van der Waals surface area contributed by atoms with Crippen LogP contribution in [0.3, 0.4) is 0 Å². The van der Waals surface area contributed by atoms with Gasteiger partial charge in [-0.2, -0.15) is 0 Å². The molecule has 0 aliphatic rings. The van der Waals surface area contributed by atoms with E-state index in [0.717, 1.165) is 0 Å². The summed E-state index contributed by atoms with van der Waals surface area (Å²) in [7, 11) is 2.14. The first kappa shape index (κ1) is 10.1. The highest BCUT2D eigenvalue weighted by Crippen LogP contribution is 2.30. The van der Waals surface area contributed by atoms with Gasteiger partial charge >= 0.3 is 0 Å². The number of aryl methyl sites for hydroxylation is 2. The Balaban J connectivity index is 2.65. The summed E-state index contributed by atoms with van der Waals surface area (Å²) in [5.74, 6) is 0. The normalized spacial score (nSPS) is 11.4. The minimum atomic E-state index is 1.29. The number of halogens is 1. The van der Waals surface area contributed by atoms with Gasteiger partial charge in [-0.15, -0.1) is 0 Å². The van der Waals surface area contributed by atoms with Crippen LogP contribution < -0.4 is 0 Å². The third-order valence-corrected chi connectivity index (χ3v) is 3.85. The van der Waals surface area contributed by atoms with Gasteiger partial charge in [0.05, 0.1) is 5.52 Å². The van der Waals surface area contributed by atoms with Gasteiger partial charge in [0.2, 0.25) is 0 Å². The maximum Gasteiger partial charge on any atom is 0.0518 e. The molecule has 1 aromatic heterocycles. The van der Waals surface area contributed by atoms with Crippen LogP contribution in [0.25, 0.3) is 21.8 Å². The predicted octanol–water partition coefficient (Wildman–Crippen LogP) is 4.24. The van der Waals surface area contributed by atoms with Crippen molar-refractivity contribution in [3.63, 3.8) is 0 Å². The topological polar surface area (TPSA) is 4.93 Å². The van der Waals surface area contributed by atoms with Crippen molar-refractivity contribution < 1.29 is 0 Å². The number of aromatic nitrogens is 1. The van der Waals surface area contributed by atoms with Crippen LogP contribution in [0.4, 0.5) is 0 Å². The molecule has 0 saturated heterocycles. The lowest BCUT2D eigenvalue weighted by Gasteiger charge is -2.00. The Bertz CT molecular complexity index is 695. The maximum atomic E-state index is 2.37. The molecule has 2 aromatic carbocycles. The second kappa shape index (κ2) is 3.48. The smallest absolute Gasteiger partial charge is 0.0518 e. The van der Waals surface area contributed by atoms with E-state index < -0.39 is 0 Å². The molecule has 0 bridgehead atoms. The minimum Gasteiger partial charge on any atom is -0.343 e. The zero-order chi connectivity index (χ0) is 11.3. The Morgan fingerprint density at radius 2 is 1.88 bits per heavy atom. The molecule has 1 heterocycles. The zero-order valence-corrected chi connectivity index (χ0v) is 11.4. The van der Waals surface area contributed by atoms with Gasteiger partial charge in [-0.3, -0.25) is 0 Å². The first-order valence-corrected chi connectivity index (χ1v) is 6.39.